The average Bonchev–Trinajstić information content (AvgIpc) is 3.12. The van der Waals surface area contributed by atoms with Crippen LogP contribution in [0.5, 0.6) is 0 Å². The van der Waals surface area contributed by atoms with Crippen LogP contribution in [-0.2, 0) is 11.3 Å². The van der Waals surface area contributed by atoms with Gasteiger partial charge in [-0.3, -0.25) is 0 Å². The molecule has 3 atom stereocenters. The van der Waals surface area contributed by atoms with Crippen LogP contribution in [0.2, 0.25) is 0 Å². The van der Waals surface area contributed by atoms with Crippen LogP contribution in [0.3, 0.4) is 0 Å². The molecule has 1 aliphatic carbocycles. The molecule has 1 fully saturated rings. The molecule has 1 saturated carbocycles. The van der Waals surface area contributed by atoms with Crippen molar-refractivity contribution in [2.24, 2.45) is 0 Å². The van der Waals surface area contributed by atoms with E-state index in [0.29, 0.717) is 31.7 Å². The van der Waals surface area contributed by atoms with E-state index in [1.54, 1.807) is 11.3 Å². The molecule has 3 nitrogen and oxygen atoms in total. The summed E-state index contributed by atoms with van der Waals surface area (Å²) >= 11 is 1.68. The smallest absolute Gasteiger partial charge is 0.0897 e. The van der Waals surface area contributed by atoms with Gasteiger partial charge in [0.15, 0.2) is 0 Å². The monoisotopic (exact) mass is 303 g/mol. The first kappa shape index (κ1) is 14.7. The second-order valence-electron chi connectivity index (χ2n) is 5.52. The number of aliphatic hydroxyl groups is 1. The van der Waals surface area contributed by atoms with Gasteiger partial charge in [0.25, 0.3) is 0 Å². The molecule has 3 rings (SSSR count). The molecule has 0 bridgehead atoms. The summed E-state index contributed by atoms with van der Waals surface area (Å²) in [4.78, 5) is 1.20. The Balaban J connectivity index is 1.31. The van der Waals surface area contributed by atoms with Crippen molar-refractivity contribution >= 4 is 11.3 Å². The minimum Gasteiger partial charge on any atom is -0.389 e. The SMILES string of the molecule is OC(CNC1CC1c1ccccc1)COCc1cccs1. The lowest BCUT2D eigenvalue weighted by molar-refractivity contribution is 0.0296. The highest BCUT2D eigenvalue weighted by molar-refractivity contribution is 7.09. The maximum absolute atomic E-state index is 9.93. The third-order valence-corrected chi connectivity index (χ3v) is 4.62. The zero-order chi connectivity index (χ0) is 14.5. The molecule has 0 aliphatic heterocycles. The molecule has 21 heavy (non-hydrogen) atoms. The van der Waals surface area contributed by atoms with Crippen molar-refractivity contribution in [3.63, 3.8) is 0 Å². The Labute approximate surface area is 129 Å². The van der Waals surface area contributed by atoms with Gasteiger partial charge in [-0.15, -0.1) is 11.3 Å². The van der Waals surface area contributed by atoms with E-state index in [1.165, 1.54) is 10.4 Å². The number of aliphatic hydroxyl groups excluding tert-OH is 1. The van der Waals surface area contributed by atoms with Gasteiger partial charge in [0.2, 0.25) is 0 Å². The lowest BCUT2D eigenvalue weighted by Gasteiger charge is -2.12. The topological polar surface area (TPSA) is 41.5 Å². The third-order valence-electron chi connectivity index (χ3n) is 3.77. The zero-order valence-corrected chi connectivity index (χ0v) is 12.8. The van der Waals surface area contributed by atoms with E-state index in [-0.39, 0.29) is 0 Å². The van der Waals surface area contributed by atoms with Crippen molar-refractivity contribution < 1.29 is 9.84 Å². The van der Waals surface area contributed by atoms with E-state index in [0.717, 1.165) is 6.42 Å². The molecule has 1 aromatic heterocycles. The summed E-state index contributed by atoms with van der Waals surface area (Å²) in [5.74, 6) is 0.602. The fraction of sp³-hybridized carbons (Fsp3) is 0.412. The maximum atomic E-state index is 9.93. The van der Waals surface area contributed by atoms with Gasteiger partial charge in [-0.25, -0.2) is 0 Å². The number of benzene rings is 1. The van der Waals surface area contributed by atoms with Gasteiger partial charge in [-0.2, -0.15) is 0 Å². The van der Waals surface area contributed by atoms with Crippen molar-refractivity contribution in [1.29, 1.82) is 0 Å². The molecule has 4 heteroatoms. The van der Waals surface area contributed by atoms with Crippen LogP contribution in [0.1, 0.15) is 22.8 Å². The summed E-state index contributed by atoms with van der Waals surface area (Å²) in [6, 6.07) is 15.1. The van der Waals surface area contributed by atoms with Gasteiger partial charge in [-0.1, -0.05) is 36.4 Å². The van der Waals surface area contributed by atoms with Crippen molar-refractivity contribution in [3.8, 4) is 0 Å². The van der Waals surface area contributed by atoms with E-state index < -0.39 is 6.10 Å². The normalized spacial score (nSPS) is 22.1. The van der Waals surface area contributed by atoms with Crippen molar-refractivity contribution in [2.45, 2.75) is 31.1 Å². The minimum absolute atomic E-state index is 0.383. The van der Waals surface area contributed by atoms with Crippen LogP contribution in [0.4, 0.5) is 0 Å². The van der Waals surface area contributed by atoms with E-state index >= 15 is 0 Å². The molecule has 112 valence electrons. The highest BCUT2D eigenvalue weighted by Gasteiger charge is 2.37. The molecular formula is C17H21NO2S. The average molecular weight is 303 g/mol. The Bertz CT molecular complexity index is 529. The highest BCUT2D eigenvalue weighted by atomic mass is 32.1. The van der Waals surface area contributed by atoms with E-state index in [2.05, 4.69) is 29.6 Å². The van der Waals surface area contributed by atoms with Crippen LogP contribution in [0.25, 0.3) is 0 Å². The molecular weight excluding hydrogens is 282 g/mol. The van der Waals surface area contributed by atoms with Gasteiger partial charge in [0, 0.05) is 23.4 Å². The first-order valence-corrected chi connectivity index (χ1v) is 8.27. The van der Waals surface area contributed by atoms with Gasteiger partial charge >= 0.3 is 0 Å². The van der Waals surface area contributed by atoms with Crippen LogP contribution < -0.4 is 5.32 Å². The highest BCUT2D eigenvalue weighted by Crippen LogP contribution is 2.40. The molecule has 2 N–H and O–H groups in total. The lowest BCUT2D eigenvalue weighted by atomic mass is 10.1. The Kier molecular flexibility index (Phi) is 5.04. The molecule has 1 heterocycles. The number of hydrogen-bond donors (Lipinski definition) is 2. The Morgan fingerprint density at radius 1 is 1.24 bits per heavy atom. The first-order chi connectivity index (χ1) is 10.3. The summed E-state index contributed by atoms with van der Waals surface area (Å²) in [7, 11) is 0. The second kappa shape index (κ2) is 7.18. The fourth-order valence-electron chi connectivity index (χ4n) is 2.53. The second-order valence-corrected chi connectivity index (χ2v) is 6.55. The van der Waals surface area contributed by atoms with Crippen molar-refractivity contribution in [3.05, 3.63) is 58.3 Å². The van der Waals surface area contributed by atoms with Crippen molar-refractivity contribution in [2.75, 3.05) is 13.2 Å². The molecule has 0 saturated heterocycles. The van der Waals surface area contributed by atoms with E-state index in [4.69, 9.17) is 4.74 Å². The van der Waals surface area contributed by atoms with Crippen LogP contribution in [0, 0.1) is 0 Å². The zero-order valence-electron chi connectivity index (χ0n) is 11.9. The van der Waals surface area contributed by atoms with Gasteiger partial charge in [0.1, 0.15) is 0 Å². The number of rotatable bonds is 8. The molecule has 1 aromatic carbocycles. The van der Waals surface area contributed by atoms with Crippen LogP contribution >= 0.6 is 11.3 Å². The van der Waals surface area contributed by atoms with Crippen LogP contribution in [-0.4, -0.2) is 30.4 Å². The number of nitrogens with one attached hydrogen (secondary N) is 1. The quantitative estimate of drug-likeness (QED) is 0.788. The Morgan fingerprint density at radius 3 is 2.86 bits per heavy atom. The molecule has 1 aliphatic rings. The summed E-state index contributed by atoms with van der Waals surface area (Å²) in [6.07, 6.45) is 0.717. The minimum atomic E-state index is -0.443. The van der Waals surface area contributed by atoms with Gasteiger partial charge < -0.3 is 15.2 Å². The Hall–Kier alpha value is -1.20. The van der Waals surface area contributed by atoms with Gasteiger partial charge in [-0.05, 0) is 23.4 Å². The first-order valence-electron chi connectivity index (χ1n) is 7.39. The Morgan fingerprint density at radius 2 is 2.10 bits per heavy atom. The molecule has 0 spiro atoms. The number of ether oxygens (including phenoxy) is 1. The summed E-state index contributed by atoms with van der Waals surface area (Å²) in [6.45, 7) is 1.57. The molecule has 0 radical (unpaired) electrons. The molecule has 0 amide bonds. The van der Waals surface area contributed by atoms with E-state index in [1.807, 2.05) is 23.6 Å². The maximum Gasteiger partial charge on any atom is 0.0897 e. The standard InChI is InChI=1S/C17H21NO2S/c19-14(11-20-12-15-7-4-8-21-15)10-18-17-9-16(17)13-5-2-1-3-6-13/h1-8,14,16-19H,9-12H2. The number of hydrogen-bond acceptors (Lipinski definition) is 4. The molecule has 3 unspecified atom stereocenters. The largest absolute Gasteiger partial charge is 0.389 e. The summed E-state index contributed by atoms with van der Waals surface area (Å²) in [5.41, 5.74) is 1.39. The lowest BCUT2D eigenvalue weighted by Crippen LogP contribution is -2.32. The molecule has 2 aromatic rings. The summed E-state index contributed by atoms with van der Waals surface area (Å²) in [5, 5.41) is 15.4. The predicted molar refractivity (Wildman–Crippen MR) is 85.6 cm³/mol. The van der Waals surface area contributed by atoms with E-state index in [9.17, 15) is 5.11 Å². The summed E-state index contributed by atoms with van der Waals surface area (Å²) < 4.78 is 5.52. The van der Waals surface area contributed by atoms with Crippen LogP contribution in [0.15, 0.2) is 47.8 Å². The predicted octanol–water partition coefficient (Wildman–Crippen LogP) is 2.77. The van der Waals surface area contributed by atoms with Crippen molar-refractivity contribution in [1.82, 2.24) is 5.32 Å². The third kappa shape index (κ3) is 4.38. The number of thiophene rings is 1. The fourth-order valence-corrected chi connectivity index (χ4v) is 3.17. The van der Waals surface area contributed by atoms with Gasteiger partial charge in [0.05, 0.1) is 19.3 Å².